The summed E-state index contributed by atoms with van der Waals surface area (Å²) in [5.74, 6) is 0.917. The summed E-state index contributed by atoms with van der Waals surface area (Å²) < 4.78 is 3.31. The average Bonchev–Trinajstić information content (AvgIpc) is 3.29. The van der Waals surface area contributed by atoms with Crippen molar-refractivity contribution in [2.45, 2.75) is 25.4 Å². The summed E-state index contributed by atoms with van der Waals surface area (Å²) in [6.45, 7) is 3.75. The highest BCUT2D eigenvalue weighted by atomic mass is 32.1. The molecule has 2 aliphatic rings. The molecule has 5 heterocycles. The quantitative estimate of drug-likeness (QED) is 0.334. The third kappa shape index (κ3) is 3.39. The number of aromatic nitrogens is 2. The summed E-state index contributed by atoms with van der Waals surface area (Å²) in [6, 6.07) is 25.4. The van der Waals surface area contributed by atoms with Crippen molar-refractivity contribution in [3.63, 3.8) is 0 Å². The summed E-state index contributed by atoms with van der Waals surface area (Å²) in [5.41, 5.74) is 4.52. The number of hydrogen-bond donors (Lipinski definition) is 0. The number of para-hydroxylation sites is 1. The first-order valence-corrected chi connectivity index (χ1v) is 12.8. The van der Waals surface area contributed by atoms with Gasteiger partial charge in [-0.2, -0.15) is 0 Å². The minimum Gasteiger partial charge on any atom is -0.311 e. The highest BCUT2D eigenvalue weighted by Crippen LogP contribution is 2.37. The van der Waals surface area contributed by atoms with Gasteiger partial charge < -0.3 is 4.57 Å². The number of fused-ring (bicyclic) bond motifs is 6. The Bertz CT molecular complexity index is 1570. The first-order chi connectivity index (χ1) is 16.7. The molecule has 0 spiro atoms. The zero-order valence-electron chi connectivity index (χ0n) is 18.9. The van der Waals surface area contributed by atoms with Crippen LogP contribution in [0, 0.1) is 5.92 Å². The molecule has 5 heteroatoms. The Balaban J connectivity index is 1.17. The van der Waals surface area contributed by atoms with Crippen molar-refractivity contribution in [1.29, 1.82) is 0 Å². The molecule has 2 atom stereocenters. The van der Waals surface area contributed by atoms with Crippen LogP contribution in [0.1, 0.15) is 23.6 Å². The fraction of sp³-hybridized carbons (Fsp3) is 0.241. The second kappa shape index (κ2) is 7.90. The Labute approximate surface area is 202 Å². The van der Waals surface area contributed by atoms with Crippen LogP contribution >= 0.6 is 11.3 Å². The third-order valence-electron chi connectivity index (χ3n) is 7.42. The van der Waals surface area contributed by atoms with Gasteiger partial charge in [-0.3, -0.25) is 14.7 Å². The van der Waals surface area contributed by atoms with Gasteiger partial charge in [-0.1, -0.05) is 36.4 Å². The molecule has 1 fully saturated rings. The van der Waals surface area contributed by atoms with Gasteiger partial charge in [-0.25, -0.2) is 0 Å². The SMILES string of the molecule is O=c1c(-c2cc3ccccc3s2)ccc2n1C[C@@H]1C[C@@H]2CN(Cc2cnc3ccccc3c2)C1. The predicted octanol–water partition coefficient (Wildman–Crippen LogP) is 5.90. The van der Waals surface area contributed by atoms with E-state index < -0.39 is 0 Å². The molecule has 0 unspecified atom stereocenters. The van der Waals surface area contributed by atoms with Gasteiger partial charge in [-0.15, -0.1) is 11.3 Å². The maximum Gasteiger partial charge on any atom is 0.259 e. The number of rotatable bonds is 3. The Kier molecular flexibility index (Phi) is 4.67. The van der Waals surface area contributed by atoms with E-state index in [1.807, 2.05) is 12.3 Å². The summed E-state index contributed by atoms with van der Waals surface area (Å²) in [4.78, 5) is 21.8. The van der Waals surface area contributed by atoms with Crippen molar-refractivity contribution in [2.75, 3.05) is 13.1 Å². The minimum atomic E-state index is 0.172. The van der Waals surface area contributed by atoms with Crippen LogP contribution in [-0.2, 0) is 13.1 Å². The van der Waals surface area contributed by atoms with Crippen LogP contribution in [0.25, 0.3) is 31.4 Å². The number of piperidine rings is 1. The zero-order chi connectivity index (χ0) is 22.6. The van der Waals surface area contributed by atoms with Crippen LogP contribution in [0.3, 0.4) is 0 Å². The van der Waals surface area contributed by atoms with Gasteiger partial charge >= 0.3 is 0 Å². The van der Waals surface area contributed by atoms with Crippen LogP contribution < -0.4 is 5.56 Å². The van der Waals surface area contributed by atoms with Gasteiger partial charge in [0.1, 0.15) is 0 Å². The molecule has 2 aromatic carbocycles. The molecule has 5 aromatic rings. The van der Waals surface area contributed by atoms with Crippen molar-refractivity contribution in [2.24, 2.45) is 5.92 Å². The van der Waals surface area contributed by atoms with Crippen LogP contribution in [0.15, 0.2) is 83.8 Å². The van der Waals surface area contributed by atoms with E-state index in [4.69, 9.17) is 0 Å². The van der Waals surface area contributed by atoms with Crippen LogP contribution in [0.2, 0.25) is 0 Å². The molecule has 0 aliphatic carbocycles. The minimum absolute atomic E-state index is 0.172. The largest absolute Gasteiger partial charge is 0.311 e. The lowest BCUT2D eigenvalue weighted by Gasteiger charge is -2.43. The molecule has 1 saturated heterocycles. The summed E-state index contributed by atoms with van der Waals surface area (Å²) in [6.07, 6.45) is 3.19. The first kappa shape index (κ1) is 20.1. The van der Waals surface area contributed by atoms with E-state index in [-0.39, 0.29) is 5.56 Å². The fourth-order valence-corrected chi connectivity index (χ4v) is 7.02. The van der Waals surface area contributed by atoms with Crippen LogP contribution in [-0.4, -0.2) is 27.5 Å². The summed E-state index contributed by atoms with van der Waals surface area (Å²) in [7, 11) is 0. The van der Waals surface area contributed by atoms with E-state index >= 15 is 0 Å². The van der Waals surface area contributed by atoms with Gasteiger partial charge in [0, 0.05) is 59.0 Å². The van der Waals surface area contributed by atoms with Crippen molar-refractivity contribution >= 4 is 32.3 Å². The second-order valence-corrected chi connectivity index (χ2v) is 10.8. The molecule has 0 saturated carbocycles. The smallest absolute Gasteiger partial charge is 0.259 e. The Morgan fingerprint density at radius 3 is 2.68 bits per heavy atom. The normalized spacial score (nSPS) is 20.0. The average molecular weight is 464 g/mol. The molecule has 34 heavy (non-hydrogen) atoms. The summed E-state index contributed by atoms with van der Waals surface area (Å²) in [5, 5.41) is 2.41. The van der Waals surface area contributed by atoms with Crippen LogP contribution in [0.4, 0.5) is 0 Å². The molecule has 0 N–H and O–H groups in total. The van der Waals surface area contributed by atoms with Gasteiger partial charge in [0.05, 0.1) is 11.1 Å². The Morgan fingerprint density at radius 1 is 0.912 bits per heavy atom. The highest BCUT2D eigenvalue weighted by molar-refractivity contribution is 7.22. The Morgan fingerprint density at radius 2 is 1.76 bits per heavy atom. The van der Waals surface area contributed by atoms with Crippen molar-refractivity contribution in [3.8, 4) is 10.4 Å². The van der Waals surface area contributed by atoms with E-state index in [1.54, 1.807) is 11.3 Å². The number of benzene rings is 2. The fourth-order valence-electron chi connectivity index (χ4n) is 5.94. The van der Waals surface area contributed by atoms with E-state index in [1.165, 1.54) is 33.2 Å². The van der Waals surface area contributed by atoms with E-state index in [9.17, 15) is 4.79 Å². The lowest BCUT2D eigenvalue weighted by molar-refractivity contribution is 0.114. The molecule has 2 aliphatic heterocycles. The third-order valence-corrected chi connectivity index (χ3v) is 8.57. The monoisotopic (exact) mass is 463 g/mol. The van der Waals surface area contributed by atoms with Crippen molar-refractivity contribution in [1.82, 2.24) is 14.5 Å². The lowest BCUT2D eigenvalue weighted by atomic mass is 9.82. The van der Waals surface area contributed by atoms with Gasteiger partial charge in [0.15, 0.2) is 0 Å². The molecule has 7 rings (SSSR count). The first-order valence-electron chi connectivity index (χ1n) is 12.0. The zero-order valence-corrected chi connectivity index (χ0v) is 19.7. The molecule has 0 radical (unpaired) electrons. The number of pyridine rings is 2. The molecule has 3 aromatic heterocycles. The maximum atomic E-state index is 13.6. The van der Waals surface area contributed by atoms with Gasteiger partial charge in [-0.05, 0) is 59.7 Å². The standard InChI is InChI=1S/C29H25N3OS/c33-29-24(28-13-22-6-2-4-8-27(22)34-28)9-10-26-23-12-20(17-32(26)29)16-31(18-23)15-19-11-21-5-1-3-7-25(21)30-14-19/h1-11,13-14,20,23H,12,15-18H2/t20-,23-/m1/s1. The lowest BCUT2D eigenvalue weighted by Crippen LogP contribution is -2.46. The number of thiophene rings is 1. The predicted molar refractivity (Wildman–Crippen MR) is 139 cm³/mol. The highest BCUT2D eigenvalue weighted by Gasteiger charge is 2.35. The van der Waals surface area contributed by atoms with E-state index in [2.05, 4.69) is 81.2 Å². The molecule has 2 bridgehead atoms. The Hall–Kier alpha value is -3.28. The molecular formula is C29H25N3OS. The number of likely N-dealkylation sites (tertiary alicyclic amines) is 1. The molecule has 4 nitrogen and oxygen atoms in total. The van der Waals surface area contributed by atoms with Gasteiger partial charge in [0.2, 0.25) is 0 Å². The number of hydrogen-bond acceptors (Lipinski definition) is 4. The van der Waals surface area contributed by atoms with Crippen molar-refractivity contribution < 1.29 is 0 Å². The summed E-state index contributed by atoms with van der Waals surface area (Å²) >= 11 is 1.71. The van der Waals surface area contributed by atoms with E-state index in [0.29, 0.717) is 11.8 Å². The molecular weight excluding hydrogens is 438 g/mol. The van der Waals surface area contributed by atoms with Gasteiger partial charge in [0.25, 0.3) is 5.56 Å². The molecule has 0 amide bonds. The molecule has 168 valence electrons. The topological polar surface area (TPSA) is 38.1 Å². The van der Waals surface area contributed by atoms with Crippen LogP contribution in [0.5, 0.6) is 0 Å². The number of nitrogens with zero attached hydrogens (tertiary/aromatic N) is 3. The second-order valence-electron chi connectivity index (χ2n) is 9.77. The van der Waals surface area contributed by atoms with E-state index in [0.717, 1.165) is 42.1 Å². The van der Waals surface area contributed by atoms with Crippen molar-refractivity contribution in [3.05, 3.63) is 101 Å². The maximum absolute atomic E-state index is 13.6.